The van der Waals surface area contributed by atoms with Crippen molar-refractivity contribution < 1.29 is 14.2 Å². The Labute approximate surface area is 119 Å². The minimum atomic E-state index is -0.264. The topological polar surface area (TPSA) is 29.5 Å². The third-order valence-corrected chi connectivity index (χ3v) is 3.36. The van der Waals surface area contributed by atoms with Crippen molar-refractivity contribution in [2.24, 2.45) is 0 Å². The summed E-state index contributed by atoms with van der Waals surface area (Å²) in [5.41, 5.74) is 1.36. The molecule has 0 aliphatic carbocycles. The van der Waals surface area contributed by atoms with Crippen LogP contribution in [0, 0.1) is 9.39 Å². The smallest absolute Gasteiger partial charge is 0.133 e. The van der Waals surface area contributed by atoms with E-state index in [4.69, 9.17) is 9.84 Å². The van der Waals surface area contributed by atoms with Crippen molar-refractivity contribution in [2.45, 2.75) is 13.2 Å². The van der Waals surface area contributed by atoms with Gasteiger partial charge in [-0.15, -0.1) is 0 Å². The van der Waals surface area contributed by atoms with Crippen LogP contribution in [0.15, 0.2) is 42.5 Å². The molecule has 0 saturated carbocycles. The van der Waals surface area contributed by atoms with Gasteiger partial charge in [-0.25, -0.2) is 4.39 Å². The molecule has 2 aromatic carbocycles. The molecule has 0 unspecified atom stereocenters. The molecule has 0 spiro atoms. The van der Waals surface area contributed by atoms with Crippen LogP contribution in [-0.2, 0) is 13.2 Å². The molecule has 0 aliphatic heterocycles. The first kappa shape index (κ1) is 13.3. The number of aliphatic hydroxyl groups is 1. The molecule has 2 nitrogen and oxygen atoms in total. The van der Waals surface area contributed by atoms with Crippen molar-refractivity contribution in [1.29, 1.82) is 0 Å². The Hall–Kier alpha value is -1.14. The highest BCUT2D eigenvalue weighted by atomic mass is 127. The Bertz CT molecular complexity index is 543. The van der Waals surface area contributed by atoms with Gasteiger partial charge in [-0.2, -0.15) is 0 Å². The summed E-state index contributed by atoms with van der Waals surface area (Å²) in [4.78, 5) is 0. The van der Waals surface area contributed by atoms with Gasteiger partial charge in [-0.05, 0) is 46.4 Å². The van der Waals surface area contributed by atoms with Crippen molar-refractivity contribution in [3.63, 3.8) is 0 Å². The minimum Gasteiger partial charge on any atom is -0.488 e. The fraction of sp³-hybridized carbons (Fsp3) is 0.143. The van der Waals surface area contributed by atoms with E-state index < -0.39 is 0 Å². The lowest BCUT2D eigenvalue weighted by Gasteiger charge is -2.09. The minimum absolute atomic E-state index is 0.00357. The van der Waals surface area contributed by atoms with Gasteiger partial charge in [0.2, 0.25) is 0 Å². The lowest BCUT2D eigenvalue weighted by molar-refractivity contribution is 0.280. The summed E-state index contributed by atoms with van der Waals surface area (Å²) in [7, 11) is 0. The zero-order chi connectivity index (χ0) is 13.0. The zero-order valence-corrected chi connectivity index (χ0v) is 11.7. The Morgan fingerprint density at radius 3 is 2.61 bits per heavy atom. The van der Waals surface area contributed by atoms with Gasteiger partial charge in [0.25, 0.3) is 0 Å². The van der Waals surface area contributed by atoms with E-state index in [9.17, 15) is 4.39 Å². The Morgan fingerprint density at radius 2 is 1.94 bits per heavy atom. The average Bonchev–Trinajstić information content (AvgIpc) is 2.39. The van der Waals surface area contributed by atoms with E-state index >= 15 is 0 Å². The summed E-state index contributed by atoms with van der Waals surface area (Å²) < 4.78 is 19.9. The van der Waals surface area contributed by atoms with E-state index in [2.05, 4.69) is 22.6 Å². The maximum Gasteiger partial charge on any atom is 0.133 e. The number of aliphatic hydroxyl groups excluding tert-OH is 1. The van der Waals surface area contributed by atoms with Gasteiger partial charge >= 0.3 is 0 Å². The predicted molar refractivity (Wildman–Crippen MR) is 75.8 cm³/mol. The molecule has 0 heterocycles. The molecule has 0 radical (unpaired) electrons. The summed E-state index contributed by atoms with van der Waals surface area (Å²) in [5.74, 6) is 0.426. The van der Waals surface area contributed by atoms with Gasteiger partial charge in [0.1, 0.15) is 18.2 Å². The largest absolute Gasteiger partial charge is 0.488 e. The van der Waals surface area contributed by atoms with Crippen LogP contribution >= 0.6 is 22.6 Å². The van der Waals surface area contributed by atoms with Crippen LogP contribution in [0.5, 0.6) is 5.75 Å². The second kappa shape index (κ2) is 6.15. The highest BCUT2D eigenvalue weighted by molar-refractivity contribution is 14.1. The van der Waals surface area contributed by atoms with Crippen LogP contribution < -0.4 is 4.74 Å². The lowest BCUT2D eigenvalue weighted by Crippen LogP contribution is -2.00. The van der Waals surface area contributed by atoms with Gasteiger partial charge in [0.05, 0.1) is 10.2 Å². The van der Waals surface area contributed by atoms with Crippen molar-refractivity contribution in [3.8, 4) is 5.75 Å². The van der Waals surface area contributed by atoms with Crippen LogP contribution in [0.2, 0.25) is 0 Å². The van der Waals surface area contributed by atoms with E-state index in [0.29, 0.717) is 11.3 Å². The molecule has 18 heavy (non-hydrogen) atoms. The summed E-state index contributed by atoms with van der Waals surface area (Å²) in [6.07, 6.45) is 0. The van der Waals surface area contributed by atoms with Crippen LogP contribution in [0.1, 0.15) is 11.1 Å². The molecule has 0 atom stereocenters. The van der Waals surface area contributed by atoms with Crippen molar-refractivity contribution in [2.75, 3.05) is 0 Å². The molecule has 2 aromatic rings. The maximum atomic E-state index is 13.4. The number of rotatable bonds is 4. The molecule has 2 rings (SSSR count). The van der Waals surface area contributed by atoms with Gasteiger partial charge in [-0.3, -0.25) is 0 Å². The second-order valence-electron chi connectivity index (χ2n) is 3.80. The first-order valence-corrected chi connectivity index (χ1v) is 6.54. The Balaban J connectivity index is 2.09. The molecule has 0 aliphatic rings. The van der Waals surface area contributed by atoms with E-state index in [1.54, 1.807) is 30.3 Å². The number of halogens is 2. The average molecular weight is 358 g/mol. The Morgan fingerprint density at radius 1 is 1.17 bits per heavy atom. The second-order valence-corrected chi connectivity index (χ2v) is 4.97. The third kappa shape index (κ3) is 3.20. The molecular weight excluding hydrogens is 346 g/mol. The number of hydrogen-bond donors (Lipinski definition) is 1. The van der Waals surface area contributed by atoms with Gasteiger partial charge < -0.3 is 9.84 Å². The maximum absolute atomic E-state index is 13.4. The van der Waals surface area contributed by atoms with Gasteiger partial charge in [0, 0.05) is 5.56 Å². The number of ether oxygens (including phenoxy) is 1. The molecule has 0 fully saturated rings. The van der Waals surface area contributed by atoms with Crippen molar-refractivity contribution >= 4 is 22.6 Å². The third-order valence-electron chi connectivity index (χ3n) is 2.52. The van der Waals surface area contributed by atoms with E-state index in [1.165, 1.54) is 6.07 Å². The van der Waals surface area contributed by atoms with E-state index in [0.717, 1.165) is 9.13 Å². The molecule has 4 heteroatoms. The van der Waals surface area contributed by atoms with Crippen LogP contribution in [0.4, 0.5) is 4.39 Å². The normalized spacial score (nSPS) is 10.4. The van der Waals surface area contributed by atoms with Crippen LogP contribution in [0.3, 0.4) is 0 Å². The van der Waals surface area contributed by atoms with Crippen molar-refractivity contribution in [1.82, 2.24) is 0 Å². The lowest BCUT2D eigenvalue weighted by atomic mass is 10.2. The van der Waals surface area contributed by atoms with Gasteiger partial charge in [-0.1, -0.05) is 24.3 Å². The number of benzene rings is 2. The standard InChI is InChI=1S/C14H12FIO2/c15-12-4-2-1-3-11(12)9-18-14-6-5-10(8-17)7-13(14)16/h1-7,17H,8-9H2. The molecule has 0 bridgehead atoms. The zero-order valence-electron chi connectivity index (χ0n) is 9.57. The van der Waals surface area contributed by atoms with Crippen LogP contribution in [0.25, 0.3) is 0 Å². The molecule has 1 N–H and O–H groups in total. The first-order chi connectivity index (χ1) is 8.70. The predicted octanol–water partition coefficient (Wildman–Crippen LogP) is 3.50. The van der Waals surface area contributed by atoms with Crippen LogP contribution in [-0.4, -0.2) is 5.11 Å². The summed E-state index contributed by atoms with van der Waals surface area (Å²) >= 11 is 2.13. The summed E-state index contributed by atoms with van der Waals surface area (Å²) in [5, 5.41) is 9.00. The summed E-state index contributed by atoms with van der Waals surface area (Å²) in [6.45, 7) is 0.199. The fourth-order valence-corrected chi connectivity index (χ4v) is 2.27. The molecule has 94 valence electrons. The number of hydrogen-bond acceptors (Lipinski definition) is 2. The quantitative estimate of drug-likeness (QED) is 0.848. The first-order valence-electron chi connectivity index (χ1n) is 5.46. The Kier molecular flexibility index (Phi) is 4.54. The highest BCUT2D eigenvalue weighted by Crippen LogP contribution is 2.23. The van der Waals surface area contributed by atoms with E-state index in [1.807, 2.05) is 6.07 Å². The van der Waals surface area contributed by atoms with Crippen molar-refractivity contribution in [3.05, 3.63) is 63.0 Å². The van der Waals surface area contributed by atoms with Gasteiger partial charge in [0.15, 0.2) is 0 Å². The molecular formula is C14H12FIO2. The monoisotopic (exact) mass is 358 g/mol. The van der Waals surface area contributed by atoms with E-state index in [-0.39, 0.29) is 19.0 Å². The SMILES string of the molecule is OCc1ccc(OCc2ccccc2F)c(I)c1. The highest BCUT2D eigenvalue weighted by Gasteiger charge is 2.05. The summed E-state index contributed by atoms with van der Waals surface area (Å²) in [6, 6.07) is 12.0. The molecule has 0 aromatic heterocycles. The molecule has 0 saturated heterocycles. The fourth-order valence-electron chi connectivity index (χ4n) is 1.53. The molecule has 0 amide bonds.